The molecule has 0 fully saturated rings. The fraction of sp³-hybridized carbons (Fsp3) is 0.333. The topological polar surface area (TPSA) is 92.6 Å². The Kier molecular flexibility index (Phi) is 6.80. The van der Waals surface area contributed by atoms with Crippen molar-refractivity contribution in [3.05, 3.63) is 65.1 Å². The van der Waals surface area contributed by atoms with Crippen LogP contribution in [0.5, 0.6) is 0 Å². The Morgan fingerprint density at radius 3 is 2.50 bits per heavy atom. The number of carbonyl (C=O) groups is 1. The standard InChI is InChI=1S/C21H25ClN4O3S/c1-14(2)10-19(25-30(28,29)18-7-4-15(3)5-8-18)21(27)23-11-17-13-26-12-16(22)6-9-20(26)24-17/h4-9,12-14,19,25H,10-11H2,1-3H3,(H,23,27). The number of rotatable bonds is 8. The molecule has 3 aromatic rings. The smallest absolute Gasteiger partial charge is 0.241 e. The molecule has 160 valence electrons. The van der Waals surface area contributed by atoms with E-state index in [-0.39, 0.29) is 17.4 Å². The number of pyridine rings is 1. The Morgan fingerprint density at radius 1 is 1.13 bits per heavy atom. The van der Waals surface area contributed by atoms with Gasteiger partial charge in [-0.05, 0) is 43.5 Å². The summed E-state index contributed by atoms with van der Waals surface area (Å²) in [6.07, 6.45) is 3.87. The molecular weight excluding hydrogens is 424 g/mol. The van der Waals surface area contributed by atoms with Crippen LogP contribution < -0.4 is 10.0 Å². The normalized spacial score (nSPS) is 13.0. The van der Waals surface area contributed by atoms with Gasteiger partial charge in [0.05, 0.1) is 22.2 Å². The van der Waals surface area contributed by atoms with Crippen LogP contribution in [0.3, 0.4) is 0 Å². The van der Waals surface area contributed by atoms with Gasteiger partial charge in [0.2, 0.25) is 15.9 Å². The predicted octanol–water partition coefficient (Wildman–Crippen LogP) is 3.31. The molecule has 9 heteroatoms. The summed E-state index contributed by atoms with van der Waals surface area (Å²) >= 11 is 5.98. The van der Waals surface area contributed by atoms with E-state index < -0.39 is 22.0 Å². The second kappa shape index (κ2) is 9.16. The van der Waals surface area contributed by atoms with Crippen molar-refractivity contribution in [1.29, 1.82) is 0 Å². The molecule has 2 N–H and O–H groups in total. The molecule has 30 heavy (non-hydrogen) atoms. The fourth-order valence-electron chi connectivity index (χ4n) is 3.06. The summed E-state index contributed by atoms with van der Waals surface area (Å²) in [4.78, 5) is 17.3. The number of hydrogen-bond donors (Lipinski definition) is 2. The van der Waals surface area contributed by atoms with Crippen LogP contribution in [0.25, 0.3) is 5.65 Å². The highest BCUT2D eigenvalue weighted by atomic mass is 35.5. The van der Waals surface area contributed by atoms with Gasteiger partial charge in [0.15, 0.2) is 0 Å². The molecule has 1 aromatic carbocycles. The first-order valence-electron chi connectivity index (χ1n) is 9.64. The SMILES string of the molecule is Cc1ccc(S(=O)(=O)NC(CC(C)C)C(=O)NCc2cn3cc(Cl)ccc3n2)cc1. The summed E-state index contributed by atoms with van der Waals surface area (Å²) in [5.74, 6) is -0.270. The third-order valence-corrected chi connectivity index (χ3v) is 6.27. The molecule has 2 aromatic heterocycles. The first-order valence-corrected chi connectivity index (χ1v) is 11.5. The minimum absolute atomic E-state index is 0.124. The highest BCUT2D eigenvalue weighted by Crippen LogP contribution is 2.14. The van der Waals surface area contributed by atoms with Crippen molar-refractivity contribution in [2.75, 3.05) is 0 Å². The third-order valence-electron chi connectivity index (χ3n) is 4.56. The number of fused-ring (bicyclic) bond motifs is 1. The van der Waals surface area contributed by atoms with Crippen molar-refractivity contribution in [3.63, 3.8) is 0 Å². The first-order chi connectivity index (χ1) is 14.1. The third kappa shape index (κ3) is 5.59. The second-order valence-corrected chi connectivity index (χ2v) is 9.83. The van der Waals surface area contributed by atoms with Crippen LogP contribution in [0.1, 0.15) is 31.5 Å². The molecule has 7 nitrogen and oxygen atoms in total. The van der Waals surface area contributed by atoms with Crippen molar-refractivity contribution in [3.8, 4) is 0 Å². The van der Waals surface area contributed by atoms with Crippen LogP contribution in [0.15, 0.2) is 53.7 Å². The van der Waals surface area contributed by atoms with E-state index in [2.05, 4.69) is 15.0 Å². The quantitative estimate of drug-likeness (QED) is 0.553. The monoisotopic (exact) mass is 448 g/mol. The summed E-state index contributed by atoms with van der Waals surface area (Å²) < 4.78 is 29.8. The molecule has 0 saturated heterocycles. The van der Waals surface area contributed by atoms with Gasteiger partial charge in [0.25, 0.3) is 0 Å². The van der Waals surface area contributed by atoms with Crippen molar-refractivity contribution in [2.24, 2.45) is 5.92 Å². The summed E-state index contributed by atoms with van der Waals surface area (Å²) in [5.41, 5.74) is 2.32. The molecule has 0 radical (unpaired) electrons. The van der Waals surface area contributed by atoms with Crippen molar-refractivity contribution >= 4 is 33.2 Å². The molecule has 0 aliphatic heterocycles. The number of hydrogen-bond acceptors (Lipinski definition) is 4. The van der Waals surface area contributed by atoms with Gasteiger partial charge >= 0.3 is 0 Å². The molecule has 3 rings (SSSR count). The van der Waals surface area contributed by atoms with Gasteiger partial charge in [-0.3, -0.25) is 4.79 Å². The molecule has 1 atom stereocenters. The van der Waals surface area contributed by atoms with Gasteiger partial charge in [-0.15, -0.1) is 0 Å². The lowest BCUT2D eigenvalue weighted by Gasteiger charge is -2.20. The van der Waals surface area contributed by atoms with Crippen molar-refractivity contribution < 1.29 is 13.2 Å². The largest absolute Gasteiger partial charge is 0.349 e. The highest BCUT2D eigenvalue weighted by Gasteiger charge is 2.26. The van der Waals surface area contributed by atoms with Crippen LogP contribution in [0, 0.1) is 12.8 Å². The molecule has 0 bridgehead atoms. The van der Waals surface area contributed by atoms with Crippen LogP contribution in [0.2, 0.25) is 5.02 Å². The van der Waals surface area contributed by atoms with E-state index in [1.807, 2.05) is 20.8 Å². The number of amides is 1. The van der Waals surface area contributed by atoms with Crippen LogP contribution in [0.4, 0.5) is 0 Å². The van der Waals surface area contributed by atoms with E-state index in [1.165, 1.54) is 12.1 Å². The fourth-order valence-corrected chi connectivity index (χ4v) is 4.43. The number of sulfonamides is 1. The Morgan fingerprint density at radius 2 is 1.83 bits per heavy atom. The maximum Gasteiger partial charge on any atom is 0.241 e. The van der Waals surface area contributed by atoms with Gasteiger partial charge in [-0.25, -0.2) is 13.4 Å². The highest BCUT2D eigenvalue weighted by molar-refractivity contribution is 7.89. The molecule has 0 saturated carbocycles. The Balaban J connectivity index is 1.72. The van der Waals surface area contributed by atoms with E-state index in [4.69, 9.17) is 11.6 Å². The molecule has 1 amide bonds. The predicted molar refractivity (Wildman–Crippen MR) is 117 cm³/mol. The zero-order chi connectivity index (χ0) is 21.9. The molecule has 1 unspecified atom stereocenters. The average Bonchev–Trinajstić information content (AvgIpc) is 3.07. The minimum atomic E-state index is -3.82. The lowest BCUT2D eigenvalue weighted by molar-refractivity contribution is -0.123. The number of nitrogens with one attached hydrogen (secondary N) is 2. The maximum absolute atomic E-state index is 12.8. The lowest BCUT2D eigenvalue weighted by Crippen LogP contribution is -2.47. The summed E-state index contributed by atoms with van der Waals surface area (Å²) in [6.45, 7) is 5.93. The number of aryl methyl sites for hydroxylation is 1. The van der Waals surface area contributed by atoms with Gasteiger partial charge in [-0.1, -0.05) is 43.1 Å². The molecular formula is C21H25ClN4O3S. The van der Waals surface area contributed by atoms with Gasteiger partial charge in [-0.2, -0.15) is 4.72 Å². The van der Waals surface area contributed by atoms with Crippen molar-refractivity contribution in [1.82, 2.24) is 19.4 Å². The number of benzene rings is 1. The van der Waals surface area contributed by atoms with E-state index in [1.54, 1.807) is 41.1 Å². The second-order valence-electron chi connectivity index (χ2n) is 7.68. The summed E-state index contributed by atoms with van der Waals surface area (Å²) in [7, 11) is -3.82. The lowest BCUT2D eigenvalue weighted by atomic mass is 10.0. The van der Waals surface area contributed by atoms with Gasteiger partial charge in [0.1, 0.15) is 11.7 Å². The van der Waals surface area contributed by atoms with E-state index in [0.29, 0.717) is 22.8 Å². The first kappa shape index (κ1) is 22.3. The Bertz CT molecular complexity index is 1140. The summed E-state index contributed by atoms with van der Waals surface area (Å²) in [5, 5.41) is 3.37. The average molecular weight is 449 g/mol. The molecule has 0 aliphatic carbocycles. The van der Waals surface area contributed by atoms with Crippen LogP contribution in [-0.2, 0) is 21.4 Å². The zero-order valence-corrected chi connectivity index (χ0v) is 18.7. The van der Waals surface area contributed by atoms with Crippen molar-refractivity contribution in [2.45, 2.75) is 44.7 Å². The zero-order valence-electron chi connectivity index (χ0n) is 17.1. The van der Waals surface area contributed by atoms with E-state index in [0.717, 1.165) is 5.56 Å². The number of imidazole rings is 1. The number of nitrogens with zero attached hydrogens (tertiary/aromatic N) is 2. The number of carbonyl (C=O) groups excluding carboxylic acids is 1. The Labute approximate surface area is 181 Å². The van der Waals surface area contributed by atoms with Crippen LogP contribution >= 0.6 is 11.6 Å². The van der Waals surface area contributed by atoms with Gasteiger partial charge < -0.3 is 9.72 Å². The maximum atomic E-state index is 12.8. The molecule has 2 heterocycles. The Hall–Kier alpha value is -2.42. The van der Waals surface area contributed by atoms with Crippen LogP contribution in [-0.4, -0.2) is 29.8 Å². The summed E-state index contributed by atoms with van der Waals surface area (Å²) in [6, 6.07) is 9.15. The molecule has 0 spiro atoms. The molecule has 0 aliphatic rings. The number of aromatic nitrogens is 2. The minimum Gasteiger partial charge on any atom is -0.349 e. The van der Waals surface area contributed by atoms with E-state index >= 15 is 0 Å². The van der Waals surface area contributed by atoms with E-state index in [9.17, 15) is 13.2 Å². The number of halogens is 1. The van der Waals surface area contributed by atoms with Gasteiger partial charge in [0, 0.05) is 12.4 Å².